The van der Waals surface area contributed by atoms with Gasteiger partial charge in [-0.1, -0.05) is 30.3 Å². The Kier molecular flexibility index (Phi) is 5.25. The number of hydrogen-bond donors (Lipinski definition) is 5. The van der Waals surface area contributed by atoms with Gasteiger partial charge in [0, 0.05) is 12.7 Å². The summed E-state index contributed by atoms with van der Waals surface area (Å²) in [6.07, 6.45) is 2.74. The molecule has 0 bridgehead atoms. The first-order valence-electron chi connectivity index (χ1n) is 10.2. The summed E-state index contributed by atoms with van der Waals surface area (Å²) in [5, 5.41) is 12.2. The number of hydrazine groups is 3. The van der Waals surface area contributed by atoms with Crippen molar-refractivity contribution in [2.24, 2.45) is 0 Å². The van der Waals surface area contributed by atoms with Crippen molar-refractivity contribution in [1.82, 2.24) is 46.4 Å². The van der Waals surface area contributed by atoms with Crippen LogP contribution in [-0.2, 0) is 12.1 Å². The highest BCUT2D eigenvalue weighted by Crippen LogP contribution is 2.37. The first-order valence-corrected chi connectivity index (χ1v) is 10.2. The van der Waals surface area contributed by atoms with Gasteiger partial charge in [-0.2, -0.15) is 16.1 Å². The highest BCUT2D eigenvalue weighted by molar-refractivity contribution is 5.75. The average molecular weight is 433 g/mol. The predicted molar refractivity (Wildman–Crippen MR) is 116 cm³/mol. The van der Waals surface area contributed by atoms with Crippen LogP contribution < -0.4 is 26.7 Å². The van der Waals surface area contributed by atoms with Crippen molar-refractivity contribution in [2.45, 2.75) is 25.2 Å². The van der Waals surface area contributed by atoms with E-state index in [1.807, 2.05) is 47.9 Å². The first kappa shape index (κ1) is 20.4. The van der Waals surface area contributed by atoms with Crippen LogP contribution in [0.2, 0.25) is 0 Å². The van der Waals surface area contributed by atoms with Gasteiger partial charge in [0.15, 0.2) is 17.1 Å². The lowest BCUT2D eigenvalue weighted by molar-refractivity contribution is 0.107. The monoisotopic (exact) mass is 433 g/mol. The second-order valence-electron chi connectivity index (χ2n) is 7.25. The molecular weight excluding hydrogens is 410 g/mol. The second-order valence-corrected chi connectivity index (χ2v) is 7.25. The number of nitrogens with one attached hydrogen (secondary N) is 4. The fraction of sp³-hybridized carbons (Fsp3) is 0.238. The minimum absolute atomic E-state index is 0.277. The SMILES string of the molecule is CCn1c(C(O)(c2ccccc2)c2ccncn2)nc2nc(OC)c(C3NNNN3)cc21. The van der Waals surface area contributed by atoms with Crippen molar-refractivity contribution in [3.63, 3.8) is 0 Å². The molecule has 0 spiro atoms. The van der Waals surface area contributed by atoms with E-state index in [0.717, 1.165) is 11.1 Å². The molecule has 32 heavy (non-hydrogen) atoms. The standard InChI is InChI=1S/C21H23N9O2/c1-3-30-15-11-14(17-26-28-29-27-17)19(32-2)24-18(15)25-20(30)21(31,13-7-5-4-6-8-13)16-9-10-22-12-23-16/h4-12,17,26-29,31H,3H2,1-2H3. The molecule has 0 radical (unpaired) electrons. The molecule has 1 aliphatic heterocycles. The van der Waals surface area contributed by atoms with Gasteiger partial charge in [-0.25, -0.2) is 25.8 Å². The van der Waals surface area contributed by atoms with Gasteiger partial charge in [0.25, 0.3) is 0 Å². The summed E-state index contributed by atoms with van der Waals surface area (Å²) in [5.41, 5.74) is 13.2. The number of benzene rings is 1. The summed E-state index contributed by atoms with van der Waals surface area (Å²) in [5.74, 6) is 0.834. The van der Waals surface area contributed by atoms with E-state index >= 15 is 0 Å². The quantitative estimate of drug-likeness (QED) is 0.295. The molecule has 164 valence electrons. The van der Waals surface area contributed by atoms with Crippen LogP contribution in [0.5, 0.6) is 5.88 Å². The van der Waals surface area contributed by atoms with Crippen LogP contribution in [0.3, 0.4) is 0 Å². The molecule has 11 nitrogen and oxygen atoms in total. The number of aryl methyl sites for hydroxylation is 1. The van der Waals surface area contributed by atoms with E-state index in [0.29, 0.717) is 35.2 Å². The molecule has 3 aromatic heterocycles. The fourth-order valence-corrected chi connectivity index (χ4v) is 4.00. The molecule has 11 heteroatoms. The first-order chi connectivity index (χ1) is 15.7. The zero-order valence-corrected chi connectivity index (χ0v) is 17.6. The number of fused-ring (bicyclic) bond motifs is 1. The molecule has 1 fully saturated rings. The molecule has 1 aromatic carbocycles. The van der Waals surface area contributed by atoms with Gasteiger partial charge in [0.05, 0.1) is 23.9 Å². The Morgan fingerprint density at radius 2 is 1.91 bits per heavy atom. The third kappa shape index (κ3) is 3.20. The molecule has 0 aliphatic carbocycles. The maximum absolute atomic E-state index is 12.2. The molecule has 1 aliphatic rings. The second kappa shape index (κ2) is 8.22. The fourth-order valence-electron chi connectivity index (χ4n) is 4.00. The van der Waals surface area contributed by atoms with Gasteiger partial charge in [0.2, 0.25) is 5.88 Å². The van der Waals surface area contributed by atoms with E-state index in [2.05, 4.69) is 36.9 Å². The molecule has 4 aromatic rings. The minimum Gasteiger partial charge on any atom is -0.481 e. The van der Waals surface area contributed by atoms with Crippen molar-refractivity contribution in [3.8, 4) is 5.88 Å². The highest BCUT2D eigenvalue weighted by Gasteiger charge is 2.40. The van der Waals surface area contributed by atoms with Crippen LogP contribution in [0.15, 0.2) is 55.0 Å². The Hall–Kier alpha value is -3.48. The normalized spacial score (nSPS) is 16.3. The zero-order valence-electron chi connectivity index (χ0n) is 17.6. The Morgan fingerprint density at radius 3 is 2.56 bits per heavy atom. The summed E-state index contributed by atoms with van der Waals surface area (Å²) in [7, 11) is 1.56. The molecule has 0 saturated carbocycles. The van der Waals surface area contributed by atoms with E-state index in [1.54, 1.807) is 19.4 Å². The Bertz CT molecular complexity index is 1180. The van der Waals surface area contributed by atoms with Crippen LogP contribution in [0.25, 0.3) is 11.2 Å². The lowest BCUT2D eigenvalue weighted by Crippen LogP contribution is -2.33. The number of nitrogens with zero attached hydrogens (tertiary/aromatic N) is 5. The van der Waals surface area contributed by atoms with Gasteiger partial charge in [-0.15, -0.1) is 0 Å². The highest BCUT2D eigenvalue weighted by atomic mass is 16.5. The maximum atomic E-state index is 12.2. The molecule has 1 unspecified atom stereocenters. The number of aromatic nitrogens is 5. The zero-order chi connectivity index (χ0) is 22.1. The smallest absolute Gasteiger partial charge is 0.221 e. The van der Waals surface area contributed by atoms with E-state index in [-0.39, 0.29) is 6.17 Å². The Labute approximate surface area is 183 Å². The number of hydrogen-bond acceptors (Lipinski definition) is 10. The molecule has 5 N–H and O–H groups in total. The van der Waals surface area contributed by atoms with Gasteiger partial charge in [0.1, 0.15) is 12.5 Å². The molecule has 0 amide bonds. The van der Waals surface area contributed by atoms with Crippen LogP contribution in [0, 0.1) is 0 Å². The third-order valence-corrected chi connectivity index (χ3v) is 5.52. The molecule has 4 heterocycles. The maximum Gasteiger partial charge on any atom is 0.221 e. The number of aliphatic hydroxyl groups is 1. The number of pyridine rings is 1. The van der Waals surface area contributed by atoms with Crippen LogP contribution in [0.1, 0.15) is 35.7 Å². The Morgan fingerprint density at radius 1 is 1.12 bits per heavy atom. The summed E-state index contributed by atoms with van der Waals surface area (Å²) in [6.45, 7) is 2.55. The average Bonchev–Trinajstić information content (AvgIpc) is 3.51. The molecule has 1 saturated heterocycles. The van der Waals surface area contributed by atoms with E-state index in [9.17, 15) is 5.11 Å². The molecule has 5 rings (SSSR count). The number of methoxy groups -OCH3 is 1. The van der Waals surface area contributed by atoms with Gasteiger partial charge in [-0.3, -0.25) is 0 Å². The topological polar surface area (TPSA) is 134 Å². The van der Waals surface area contributed by atoms with Crippen molar-refractivity contribution < 1.29 is 9.84 Å². The van der Waals surface area contributed by atoms with Crippen LogP contribution in [-0.4, -0.2) is 36.7 Å². The molecule has 1 atom stereocenters. The van der Waals surface area contributed by atoms with Crippen LogP contribution >= 0.6 is 0 Å². The molecular formula is C21H23N9O2. The van der Waals surface area contributed by atoms with Gasteiger partial charge >= 0.3 is 0 Å². The van der Waals surface area contributed by atoms with E-state index in [4.69, 9.17) is 9.72 Å². The van der Waals surface area contributed by atoms with Gasteiger partial charge < -0.3 is 14.4 Å². The number of rotatable bonds is 6. The largest absolute Gasteiger partial charge is 0.481 e. The van der Waals surface area contributed by atoms with Crippen molar-refractivity contribution in [2.75, 3.05) is 7.11 Å². The number of ether oxygens (including phenoxy) is 1. The van der Waals surface area contributed by atoms with E-state index in [1.165, 1.54) is 6.33 Å². The third-order valence-electron chi connectivity index (χ3n) is 5.52. The summed E-state index contributed by atoms with van der Waals surface area (Å²) in [4.78, 5) is 17.8. The van der Waals surface area contributed by atoms with E-state index < -0.39 is 5.60 Å². The lowest BCUT2D eigenvalue weighted by atomic mass is 9.89. The summed E-state index contributed by atoms with van der Waals surface area (Å²) >= 11 is 0. The summed E-state index contributed by atoms with van der Waals surface area (Å²) in [6, 6.07) is 13.0. The lowest BCUT2D eigenvalue weighted by Gasteiger charge is -2.28. The Balaban J connectivity index is 1.78. The van der Waals surface area contributed by atoms with Crippen molar-refractivity contribution in [3.05, 3.63) is 77.6 Å². The number of imidazole rings is 1. The summed E-state index contributed by atoms with van der Waals surface area (Å²) < 4.78 is 7.47. The van der Waals surface area contributed by atoms with Crippen LogP contribution in [0.4, 0.5) is 0 Å². The predicted octanol–water partition coefficient (Wildman–Crippen LogP) is 0.650. The minimum atomic E-state index is -1.61. The van der Waals surface area contributed by atoms with Crippen molar-refractivity contribution in [1.29, 1.82) is 0 Å². The van der Waals surface area contributed by atoms with Gasteiger partial charge in [-0.05, 0) is 24.6 Å². The van der Waals surface area contributed by atoms with Crippen molar-refractivity contribution >= 4 is 11.2 Å².